The van der Waals surface area contributed by atoms with Crippen molar-refractivity contribution < 1.29 is 14.9 Å². The highest BCUT2D eigenvalue weighted by Crippen LogP contribution is 2.11. The number of hydrogen-bond donors (Lipinski definition) is 2. The zero-order chi connectivity index (χ0) is 9.07. The Morgan fingerprint density at radius 2 is 1.82 bits per heavy atom. The molecule has 0 aliphatic rings. The molecule has 0 aliphatic carbocycles. The lowest BCUT2D eigenvalue weighted by atomic mass is 10.2. The van der Waals surface area contributed by atoms with E-state index in [9.17, 15) is 0 Å². The van der Waals surface area contributed by atoms with Crippen LogP contribution in [0.2, 0.25) is 0 Å². The molecule has 2 N–H and O–H groups in total. The minimum absolute atomic E-state index is 0.230. The van der Waals surface area contributed by atoms with Crippen LogP contribution in [0.5, 0.6) is 0 Å². The Labute approximate surface area is 66.6 Å². The largest absolute Gasteiger partial charge is 0.508 e. The fraction of sp³-hybridized carbons (Fsp3) is 0.500. The van der Waals surface area contributed by atoms with Gasteiger partial charge in [0, 0.05) is 0 Å². The zero-order valence-corrected chi connectivity index (χ0v) is 7.09. The lowest BCUT2D eigenvalue weighted by molar-refractivity contribution is -0.0150. The molecular formula is C8H14O3. The maximum Gasteiger partial charge on any atom is 0.280 e. The van der Waals surface area contributed by atoms with Crippen LogP contribution in [0.25, 0.3) is 0 Å². The van der Waals surface area contributed by atoms with Gasteiger partial charge in [0.15, 0.2) is 0 Å². The molecule has 0 fully saturated rings. The molecule has 0 aromatic carbocycles. The quantitative estimate of drug-likeness (QED) is 0.478. The van der Waals surface area contributed by atoms with Crippen LogP contribution in [0, 0.1) is 0 Å². The predicted molar refractivity (Wildman–Crippen MR) is 43.3 cm³/mol. The highest BCUT2D eigenvalue weighted by molar-refractivity contribution is 5.05. The van der Waals surface area contributed by atoms with Crippen molar-refractivity contribution in [2.24, 2.45) is 0 Å². The van der Waals surface area contributed by atoms with Gasteiger partial charge in [-0.05, 0) is 20.8 Å². The summed E-state index contributed by atoms with van der Waals surface area (Å²) in [6, 6.07) is 0. The second-order valence-corrected chi connectivity index (χ2v) is 3.19. The van der Waals surface area contributed by atoms with Crippen LogP contribution in [0.15, 0.2) is 24.4 Å². The summed E-state index contributed by atoms with van der Waals surface area (Å²) >= 11 is 0. The van der Waals surface area contributed by atoms with Gasteiger partial charge in [0.05, 0.1) is 6.08 Å². The molecule has 3 heteroatoms. The van der Waals surface area contributed by atoms with Crippen LogP contribution < -0.4 is 0 Å². The minimum atomic E-state index is -0.462. The molecule has 0 saturated heterocycles. The van der Waals surface area contributed by atoms with Crippen molar-refractivity contribution in [1.82, 2.24) is 0 Å². The summed E-state index contributed by atoms with van der Waals surface area (Å²) in [5.74, 6) is -0.559. The van der Waals surface area contributed by atoms with E-state index in [2.05, 4.69) is 6.58 Å². The molecule has 0 rings (SSSR count). The van der Waals surface area contributed by atoms with Gasteiger partial charge in [-0.25, -0.2) is 0 Å². The number of hydrogen-bond acceptors (Lipinski definition) is 3. The van der Waals surface area contributed by atoms with E-state index in [0.29, 0.717) is 0 Å². The predicted octanol–water partition coefficient (Wildman–Crippen LogP) is 2.27. The van der Waals surface area contributed by atoms with Crippen LogP contribution in [-0.4, -0.2) is 15.8 Å². The van der Waals surface area contributed by atoms with Gasteiger partial charge in [-0.1, -0.05) is 6.58 Å². The number of rotatable bonds is 2. The van der Waals surface area contributed by atoms with Gasteiger partial charge < -0.3 is 14.9 Å². The van der Waals surface area contributed by atoms with E-state index < -0.39 is 5.60 Å². The molecule has 64 valence electrons. The Bertz CT molecular complexity index is 174. The van der Waals surface area contributed by atoms with Crippen molar-refractivity contribution in [3.05, 3.63) is 24.4 Å². The van der Waals surface area contributed by atoms with E-state index in [1.165, 1.54) is 0 Å². The van der Waals surface area contributed by atoms with Crippen LogP contribution in [-0.2, 0) is 4.74 Å². The summed E-state index contributed by atoms with van der Waals surface area (Å²) in [5, 5.41) is 17.6. The second-order valence-electron chi connectivity index (χ2n) is 3.19. The van der Waals surface area contributed by atoms with Gasteiger partial charge in [-0.3, -0.25) is 0 Å². The third-order valence-electron chi connectivity index (χ3n) is 0.701. The Morgan fingerprint density at radius 1 is 1.36 bits per heavy atom. The van der Waals surface area contributed by atoms with Gasteiger partial charge in [0.25, 0.3) is 5.95 Å². The molecule has 3 nitrogen and oxygen atoms in total. The van der Waals surface area contributed by atoms with Crippen molar-refractivity contribution in [1.29, 1.82) is 0 Å². The molecule has 0 aromatic rings. The van der Waals surface area contributed by atoms with Crippen molar-refractivity contribution in [3.8, 4) is 0 Å². The standard InChI is InChI=1S/C8H14O3/c1-6(9)5-7(10)11-8(2,3)4/h5,9-10H,1H2,2-4H3/b7-5+. The Kier molecular flexibility index (Phi) is 2.99. The van der Waals surface area contributed by atoms with E-state index in [-0.39, 0.29) is 11.7 Å². The number of aliphatic hydroxyl groups excluding tert-OH is 2. The summed E-state index contributed by atoms with van der Waals surface area (Å²) in [5.41, 5.74) is -0.462. The van der Waals surface area contributed by atoms with Gasteiger partial charge in [0.2, 0.25) is 0 Å². The van der Waals surface area contributed by atoms with Crippen LogP contribution in [0.3, 0.4) is 0 Å². The molecule has 11 heavy (non-hydrogen) atoms. The fourth-order valence-electron chi connectivity index (χ4n) is 0.486. The third kappa shape index (κ3) is 6.77. The molecule has 0 radical (unpaired) electrons. The normalized spacial score (nSPS) is 12.8. The summed E-state index contributed by atoms with van der Waals surface area (Å²) < 4.78 is 4.94. The number of ether oxygens (including phenoxy) is 1. The first-order valence-electron chi connectivity index (χ1n) is 3.29. The van der Waals surface area contributed by atoms with Crippen molar-refractivity contribution >= 4 is 0 Å². The van der Waals surface area contributed by atoms with Gasteiger partial charge >= 0.3 is 0 Å². The zero-order valence-electron chi connectivity index (χ0n) is 7.09. The van der Waals surface area contributed by atoms with Gasteiger partial charge in [0.1, 0.15) is 11.4 Å². The minimum Gasteiger partial charge on any atom is -0.508 e. The SMILES string of the molecule is C=C(O)/C=C(\O)OC(C)(C)C. The first-order valence-corrected chi connectivity index (χ1v) is 3.29. The lowest BCUT2D eigenvalue weighted by Crippen LogP contribution is -2.18. The van der Waals surface area contributed by atoms with Gasteiger partial charge in [-0.2, -0.15) is 0 Å². The lowest BCUT2D eigenvalue weighted by Gasteiger charge is -2.19. The molecule has 0 bridgehead atoms. The van der Waals surface area contributed by atoms with E-state index in [0.717, 1.165) is 6.08 Å². The maximum absolute atomic E-state index is 8.97. The molecule has 0 amide bonds. The molecule has 0 spiro atoms. The third-order valence-corrected chi connectivity index (χ3v) is 0.701. The average Bonchev–Trinajstić information content (AvgIpc) is 1.53. The van der Waals surface area contributed by atoms with E-state index >= 15 is 0 Å². The van der Waals surface area contributed by atoms with Crippen LogP contribution >= 0.6 is 0 Å². The summed E-state index contributed by atoms with van der Waals surface area (Å²) in [6.45, 7) is 8.53. The molecular weight excluding hydrogens is 144 g/mol. The first kappa shape index (κ1) is 9.88. The fourth-order valence-corrected chi connectivity index (χ4v) is 0.486. The molecule has 0 heterocycles. The monoisotopic (exact) mass is 158 g/mol. The molecule has 0 unspecified atom stereocenters. The van der Waals surface area contributed by atoms with E-state index in [4.69, 9.17) is 14.9 Å². The first-order chi connectivity index (χ1) is 4.81. The number of aliphatic hydroxyl groups is 2. The Balaban J connectivity index is 4.07. The topological polar surface area (TPSA) is 49.7 Å². The molecule has 0 saturated carbocycles. The van der Waals surface area contributed by atoms with Gasteiger partial charge in [-0.15, -0.1) is 0 Å². The molecule has 0 aliphatic heterocycles. The number of allylic oxidation sites excluding steroid dienone is 1. The van der Waals surface area contributed by atoms with Crippen LogP contribution in [0.4, 0.5) is 0 Å². The van der Waals surface area contributed by atoms with Crippen molar-refractivity contribution in [3.63, 3.8) is 0 Å². The van der Waals surface area contributed by atoms with E-state index in [1.54, 1.807) is 20.8 Å². The molecule has 0 atom stereocenters. The van der Waals surface area contributed by atoms with Crippen molar-refractivity contribution in [2.45, 2.75) is 26.4 Å². The molecule has 0 aromatic heterocycles. The highest BCUT2D eigenvalue weighted by Gasteiger charge is 2.12. The highest BCUT2D eigenvalue weighted by atomic mass is 16.6. The summed E-state index contributed by atoms with van der Waals surface area (Å²) in [6.07, 6.45) is 1.05. The summed E-state index contributed by atoms with van der Waals surface area (Å²) in [7, 11) is 0. The Hall–Kier alpha value is -1.12. The Morgan fingerprint density at radius 3 is 2.09 bits per heavy atom. The smallest absolute Gasteiger partial charge is 0.280 e. The summed E-state index contributed by atoms with van der Waals surface area (Å²) in [4.78, 5) is 0. The van der Waals surface area contributed by atoms with Crippen LogP contribution in [0.1, 0.15) is 20.8 Å². The second kappa shape index (κ2) is 3.32. The van der Waals surface area contributed by atoms with E-state index in [1.807, 2.05) is 0 Å². The van der Waals surface area contributed by atoms with Crippen molar-refractivity contribution in [2.75, 3.05) is 0 Å². The average molecular weight is 158 g/mol. The maximum atomic E-state index is 8.97.